The summed E-state index contributed by atoms with van der Waals surface area (Å²) in [6.07, 6.45) is -2.13. The molecule has 0 aromatic heterocycles. The molecule has 1 aliphatic carbocycles. The number of fused-ring (bicyclic) bond motifs is 1. The van der Waals surface area contributed by atoms with Gasteiger partial charge in [0.15, 0.2) is 0 Å². The molecule has 2 atom stereocenters. The molecule has 3 aliphatic heterocycles. The van der Waals surface area contributed by atoms with Crippen LogP contribution in [0.2, 0.25) is 0 Å². The molecule has 3 saturated heterocycles. The highest BCUT2D eigenvalue weighted by Gasteiger charge is 2.61. The van der Waals surface area contributed by atoms with Gasteiger partial charge in [-0.05, 0) is 44.0 Å². The molecule has 0 aromatic rings. The van der Waals surface area contributed by atoms with E-state index in [-0.39, 0.29) is 60.9 Å². The molecule has 4 rings (SSSR count). The minimum absolute atomic E-state index is 0.0235. The highest BCUT2D eigenvalue weighted by Crippen LogP contribution is 2.58. The molecule has 4 aliphatic rings. The van der Waals surface area contributed by atoms with Crippen molar-refractivity contribution in [1.29, 1.82) is 0 Å². The molecule has 12 heteroatoms. The maximum Gasteiger partial charge on any atom is 0.433 e. The molecule has 3 amide bonds. The number of nitrogens with one attached hydrogen (secondary N) is 1. The van der Waals surface area contributed by atoms with Gasteiger partial charge in [-0.2, -0.15) is 13.2 Å². The second kappa shape index (κ2) is 9.75. The highest BCUT2D eigenvalue weighted by molar-refractivity contribution is 5.79. The van der Waals surface area contributed by atoms with Crippen LogP contribution in [0.15, 0.2) is 28.4 Å². The fourth-order valence-corrected chi connectivity index (χ4v) is 5.78. The van der Waals surface area contributed by atoms with Crippen LogP contribution in [0.25, 0.3) is 0 Å². The number of hydrogen-bond donors (Lipinski definition) is 1. The van der Waals surface area contributed by atoms with Crippen molar-refractivity contribution in [3.8, 4) is 0 Å². The van der Waals surface area contributed by atoms with E-state index in [1.807, 2.05) is 0 Å². The van der Waals surface area contributed by atoms with Crippen LogP contribution >= 0.6 is 0 Å². The second-order valence-electron chi connectivity index (χ2n) is 10.3. The zero-order valence-electron chi connectivity index (χ0n) is 20.1. The van der Waals surface area contributed by atoms with Crippen molar-refractivity contribution in [2.24, 2.45) is 16.3 Å². The Bertz CT molecular complexity index is 950. The van der Waals surface area contributed by atoms with Gasteiger partial charge in [0.2, 0.25) is 5.91 Å². The minimum atomic E-state index is -4.77. The molecule has 1 spiro atoms. The number of hydrogen-bond acceptors (Lipinski definition) is 4. The minimum Gasteiger partial charge on any atom is -0.366 e. The van der Waals surface area contributed by atoms with E-state index in [2.05, 4.69) is 17.0 Å². The molecule has 0 bridgehead atoms. The Morgan fingerprint density at radius 2 is 1.92 bits per heavy atom. The van der Waals surface area contributed by atoms with Gasteiger partial charge in [0, 0.05) is 37.5 Å². The van der Waals surface area contributed by atoms with Gasteiger partial charge in [-0.1, -0.05) is 19.4 Å². The lowest BCUT2D eigenvalue weighted by Crippen LogP contribution is -2.69. The molecule has 36 heavy (non-hydrogen) atoms. The molecule has 0 aromatic carbocycles. The monoisotopic (exact) mass is 518 g/mol. The average molecular weight is 519 g/mol. The Morgan fingerprint density at radius 3 is 2.53 bits per heavy atom. The Morgan fingerprint density at radius 1 is 1.22 bits per heavy atom. The number of allylic oxidation sites excluding steroid dienone is 4. The second-order valence-corrected chi connectivity index (χ2v) is 10.3. The first-order chi connectivity index (χ1) is 16.9. The number of carbonyl (C=O) groups excluding carboxylic acids is 2. The standard InChI is InChI=1S/C24H31F5N4O3/c1-3-4-15(5-6-19(30-2)24(27,28)29)23(25,26)16-9-22(10-16)13-33(14-22)21(35)32-8-7-18-17(11-32)31-20(34)12-36-18/h5-6,16-18H,2-4,7-14H2,1H3,(H,31,34)/b15-5+,19-6-/t17-,18+/m1/s1. The molecule has 7 nitrogen and oxygen atoms in total. The van der Waals surface area contributed by atoms with Crippen molar-refractivity contribution in [2.45, 2.75) is 63.3 Å². The van der Waals surface area contributed by atoms with Crippen LogP contribution in [-0.2, 0) is 9.53 Å². The van der Waals surface area contributed by atoms with Crippen molar-refractivity contribution < 1.29 is 36.3 Å². The van der Waals surface area contributed by atoms with Crippen LogP contribution in [0, 0.1) is 11.3 Å². The van der Waals surface area contributed by atoms with Crippen LogP contribution in [0.4, 0.5) is 26.7 Å². The van der Waals surface area contributed by atoms with Crippen molar-refractivity contribution in [2.75, 3.05) is 32.8 Å². The van der Waals surface area contributed by atoms with Crippen molar-refractivity contribution in [3.63, 3.8) is 0 Å². The summed E-state index contributed by atoms with van der Waals surface area (Å²) >= 11 is 0. The number of morpholine rings is 1. The van der Waals surface area contributed by atoms with Crippen LogP contribution in [0.1, 0.15) is 39.0 Å². The third-order valence-corrected chi connectivity index (χ3v) is 7.64. The van der Waals surface area contributed by atoms with E-state index >= 15 is 8.78 Å². The van der Waals surface area contributed by atoms with E-state index in [9.17, 15) is 22.8 Å². The first-order valence-corrected chi connectivity index (χ1v) is 12.2. The predicted octanol–water partition coefficient (Wildman–Crippen LogP) is 3.92. The summed E-state index contributed by atoms with van der Waals surface area (Å²) in [5, 5.41) is 2.85. The van der Waals surface area contributed by atoms with Gasteiger partial charge in [-0.3, -0.25) is 9.79 Å². The van der Waals surface area contributed by atoms with Gasteiger partial charge in [0.05, 0.1) is 12.1 Å². The van der Waals surface area contributed by atoms with Crippen LogP contribution in [0.3, 0.4) is 0 Å². The first-order valence-electron chi connectivity index (χ1n) is 12.2. The lowest BCUT2D eigenvalue weighted by Gasteiger charge is -2.61. The molecule has 4 fully saturated rings. The lowest BCUT2D eigenvalue weighted by molar-refractivity contribution is -0.158. The number of aliphatic imine (C=N–C) groups is 1. The van der Waals surface area contributed by atoms with Gasteiger partial charge in [-0.25, -0.2) is 13.6 Å². The summed E-state index contributed by atoms with van der Waals surface area (Å²) in [5.41, 5.74) is -2.03. The van der Waals surface area contributed by atoms with Crippen molar-refractivity contribution in [1.82, 2.24) is 15.1 Å². The number of halogens is 5. The number of nitrogens with zero attached hydrogens (tertiary/aromatic N) is 3. The van der Waals surface area contributed by atoms with Crippen LogP contribution < -0.4 is 5.32 Å². The SMILES string of the molecule is C=N/C(=C\C=C(/CCC)C(F)(F)C1CC2(C1)CN(C(=O)N1CC[C@@H]3OCC(=O)N[C@@H]3C1)C2)C(F)(F)F. The van der Waals surface area contributed by atoms with Crippen molar-refractivity contribution in [3.05, 3.63) is 23.4 Å². The Labute approximate surface area is 206 Å². The summed E-state index contributed by atoms with van der Waals surface area (Å²) in [4.78, 5) is 30.7. The number of ether oxygens (including phenoxy) is 1. The molecular formula is C24H31F5N4O3. The third-order valence-electron chi connectivity index (χ3n) is 7.64. The molecule has 0 radical (unpaired) electrons. The van der Waals surface area contributed by atoms with Gasteiger partial charge < -0.3 is 19.9 Å². The fraction of sp³-hybridized carbons (Fsp3) is 0.708. The number of carbonyl (C=O) groups is 2. The van der Waals surface area contributed by atoms with Crippen molar-refractivity contribution >= 4 is 18.7 Å². The van der Waals surface area contributed by atoms with E-state index in [4.69, 9.17) is 4.74 Å². The molecule has 3 heterocycles. The van der Waals surface area contributed by atoms with Gasteiger partial charge >= 0.3 is 12.2 Å². The quantitative estimate of drug-likeness (QED) is 0.329. The van der Waals surface area contributed by atoms with Gasteiger partial charge in [0.1, 0.15) is 12.3 Å². The fourth-order valence-electron chi connectivity index (χ4n) is 5.78. The Kier molecular flexibility index (Phi) is 7.20. The number of urea groups is 1. The maximum atomic E-state index is 15.3. The van der Waals surface area contributed by atoms with Crippen LogP contribution in [-0.4, -0.2) is 85.5 Å². The summed E-state index contributed by atoms with van der Waals surface area (Å²) in [5.74, 6) is -4.45. The van der Waals surface area contributed by atoms with E-state index in [0.29, 0.717) is 45.1 Å². The van der Waals surface area contributed by atoms with E-state index in [1.165, 1.54) is 0 Å². The van der Waals surface area contributed by atoms with Crippen LogP contribution in [0.5, 0.6) is 0 Å². The first kappa shape index (κ1) is 26.6. The highest BCUT2D eigenvalue weighted by atomic mass is 19.4. The number of piperidine rings is 1. The third kappa shape index (κ3) is 5.14. The number of alkyl halides is 5. The van der Waals surface area contributed by atoms with E-state index < -0.39 is 23.7 Å². The number of amides is 3. The zero-order chi connectivity index (χ0) is 26.3. The summed E-state index contributed by atoms with van der Waals surface area (Å²) in [6.45, 7) is 6.18. The summed E-state index contributed by atoms with van der Waals surface area (Å²) in [7, 11) is 0. The molecule has 0 unspecified atom stereocenters. The molecule has 1 saturated carbocycles. The Hall–Kier alpha value is -2.50. The topological polar surface area (TPSA) is 74.2 Å². The zero-order valence-corrected chi connectivity index (χ0v) is 20.1. The smallest absolute Gasteiger partial charge is 0.366 e. The normalized spacial score (nSPS) is 27.2. The largest absolute Gasteiger partial charge is 0.433 e. The average Bonchev–Trinajstić information content (AvgIpc) is 2.75. The maximum absolute atomic E-state index is 15.3. The number of likely N-dealkylation sites (tertiary alicyclic amines) is 2. The molecule has 1 N–H and O–H groups in total. The molecule has 200 valence electrons. The summed E-state index contributed by atoms with van der Waals surface area (Å²) < 4.78 is 74.7. The van der Waals surface area contributed by atoms with Gasteiger partial charge in [0.25, 0.3) is 5.92 Å². The molecular weight excluding hydrogens is 487 g/mol. The van der Waals surface area contributed by atoms with Gasteiger partial charge in [-0.15, -0.1) is 0 Å². The summed E-state index contributed by atoms with van der Waals surface area (Å²) in [6, 6.07) is -0.430. The lowest BCUT2D eigenvalue weighted by atomic mass is 9.55. The number of rotatable bonds is 6. The Balaban J connectivity index is 1.33. The van der Waals surface area contributed by atoms with E-state index in [1.54, 1.807) is 16.7 Å². The predicted molar refractivity (Wildman–Crippen MR) is 122 cm³/mol. The van der Waals surface area contributed by atoms with E-state index in [0.717, 1.165) is 6.08 Å².